The Morgan fingerprint density at radius 2 is 2.54 bits per heavy atom. The molecule has 1 unspecified atom stereocenters. The van der Waals surface area contributed by atoms with Crippen LogP contribution in [-0.2, 0) is 0 Å². The highest BCUT2D eigenvalue weighted by Crippen LogP contribution is 2.32. The number of thioether (sulfide) groups is 1. The van der Waals surface area contributed by atoms with Gasteiger partial charge in [0.1, 0.15) is 5.69 Å². The number of carbonyl (C=O) groups excluding carboxylic acids is 1. The van der Waals surface area contributed by atoms with Gasteiger partial charge in [0.05, 0.1) is 5.01 Å². The summed E-state index contributed by atoms with van der Waals surface area (Å²) in [7, 11) is 0. The molecule has 0 radical (unpaired) electrons. The van der Waals surface area contributed by atoms with Gasteiger partial charge in [0.2, 0.25) is 0 Å². The van der Waals surface area contributed by atoms with E-state index in [0.29, 0.717) is 11.6 Å². The molecule has 0 bridgehead atoms. The highest BCUT2D eigenvalue weighted by atomic mass is 32.2. The number of nitrogens with zero attached hydrogens (tertiary/aromatic N) is 1. The summed E-state index contributed by atoms with van der Waals surface area (Å²) < 4.78 is 0. The first-order chi connectivity index (χ1) is 6.40. The molecule has 0 aliphatic carbocycles. The molecule has 1 fully saturated rings. The van der Waals surface area contributed by atoms with Crippen LogP contribution in [-0.4, -0.2) is 22.8 Å². The monoisotopic (exact) mass is 213 g/mol. The van der Waals surface area contributed by atoms with Crippen molar-refractivity contribution in [3.05, 3.63) is 16.1 Å². The van der Waals surface area contributed by atoms with Gasteiger partial charge in [-0.3, -0.25) is 4.79 Å². The number of aldehydes is 1. The second-order valence-corrected chi connectivity index (χ2v) is 5.18. The molecule has 1 atom stereocenters. The number of rotatable bonds is 2. The number of carbonyl (C=O) groups is 1. The molecule has 1 aromatic rings. The number of aromatic nitrogens is 1. The minimum atomic E-state index is 0.593. The molecular weight excluding hydrogens is 202 g/mol. The molecule has 70 valence electrons. The average Bonchev–Trinajstić information content (AvgIpc) is 2.67. The van der Waals surface area contributed by atoms with Crippen molar-refractivity contribution >= 4 is 29.4 Å². The summed E-state index contributed by atoms with van der Waals surface area (Å²) in [6.45, 7) is 0. The fraction of sp³-hybridized carbons (Fsp3) is 0.556. The molecule has 0 aromatic carbocycles. The first-order valence-corrected chi connectivity index (χ1v) is 6.42. The van der Waals surface area contributed by atoms with Gasteiger partial charge in [0.25, 0.3) is 0 Å². The molecule has 0 N–H and O–H groups in total. The van der Waals surface area contributed by atoms with Crippen LogP contribution in [0.3, 0.4) is 0 Å². The summed E-state index contributed by atoms with van der Waals surface area (Å²) in [5.74, 6) is 3.05. The fourth-order valence-corrected chi connectivity index (χ4v) is 3.63. The zero-order valence-electron chi connectivity index (χ0n) is 7.23. The van der Waals surface area contributed by atoms with E-state index in [4.69, 9.17) is 0 Å². The van der Waals surface area contributed by atoms with Crippen molar-refractivity contribution in [2.75, 3.05) is 11.5 Å². The number of hydrogen-bond acceptors (Lipinski definition) is 4. The minimum Gasteiger partial charge on any atom is -0.296 e. The lowest BCUT2D eigenvalue weighted by Crippen LogP contribution is -2.08. The Bertz CT molecular complexity index is 292. The normalized spacial score (nSPS) is 22.9. The lowest BCUT2D eigenvalue weighted by atomic mass is 10.1. The summed E-state index contributed by atoms with van der Waals surface area (Å²) >= 11 is 3.62. The van der Waals surface area contributed by atoms with Gasteiger partial charge >= 0.3 is 0 Å². The minimum absolute atomic E-state index is 0.593. The first-order valence-electron chi connectivity index (χ1n) is 4.38. The third kappa shape index (κ3) is 2.11. The van der Waals surface area contributed by atoms with E-state index >= 15 is 0 Å². The van der Waals surface area contributed by atoms with Crippen molar-refractivity contribution in [1.29, 1.82) is 0 Å². The Kier molecular flexibility index (Phi) is 3.01. The van der Waals surface area contributed by atoms with Crippen LogP contribution in [0.1, 0.15) is 34.3 Å². The maximum Gasteiger partial charge on any atom is 0.169 e. The van der Waals surface area contributed by atoms with Crippen LogP contribution in [0, 0.1) is 0 Å². The molecule has 0 saturated carbocycles. The van der Waals surface area contributed by atoms with E-state index in [0.717, 1.165) is 11.3 Å². The van der Waals surface area contributed by atoms with Gasteiger partial charge in [0, 0.05) is 17.1 Å². The molecule has 2 rings (SSSR count). The van der Waals surface area contributed by atoms with Crippen molar-refractivity contribution < 1.29 is 4.79 Å². The molecule has 1 aliphatic heterocycles. The van der Waals surface area contributed by atoms with Gasteiger partial charge < -0.3 is 0 Å². The third-order valence-corrected chi connectivity index (χ3v) is 4.41. The van der Waals surface area contributed by atoms with E-state index in [1.165, 1.54) is 24.3 Å². The van der Waals surface area contributed by atoms with E-state index in [9.17, 15) is 4.79 Å². The smallest absolute Gasteiger partial charge is 0.169 e. The van der Waals surface area contributed by atoms with Gasteiger partial charge in [-0.05, 0) is 18.6 Å². The molecule has 1 saturated heterocycles. The molecule has 2 nitrogen and oxygen atoms in total. The van der Waals surface area contributed by atoms with Gasteiger partial charge in [-0.1, -0.05) is 0 Å². The average molecular weight is 213 g/mol. The summed E-state index contributed by atoms with van der Waals surface area (Å²) in [6.07, 6.45) is 3.35. The maximum atomic E-state index is 10.4. The Balaban J connectivity index is 2.09. The van der Waals surface area contributed by atoms with Crippen molar-refractivity contribution in [3.8, 4) is 0 Å². The lowest BCUT2D eigenvalue weighted by molar-refractivity contribution is 0.111. The Morgan fingerprint density at radius 3 is 3.15 bits per heavy atom. The highest BCUT2D eigenvalue weighted by molar-refractivity contribution is 7.99. The quantitative estimate of drug-likeness (QED) is 0.707. The summed E-state index contributed by atoms with van der Waals surface area (Å²) in [4.78, 5) is 14.7. The molecule has 0 spiro atoms. The van der Waals surface area contributed by atoms with Crippen molar-refractivity contribution in [2.45, 2.75) is 18.8 Å². The summed E-state index contributed by atoms with van der Waals surface area (Å²) in [5, 5.41) is 3.00. The molecule has 0 amide bonds. The van der Waals surface area contributed by atoms with Crippen molar-refractivity contribution in [3.63, 3.8) is 0 Å². The number of hydrogen-bond donors (Lipinski definition) is 0. The largest absolute Gasteiger partial charge is 0.296 e. The molecule has 2 heterocycles. The third-order valence-electron chi connectivity index (χ3n) is 2.17. The van der Waals surface area contributed by atoms with Crippen LogP contribution in [0.25, 0.3) is 0 Å². The first kappa shape index (κ1) is 9.21. The second-order valence-electron chi connectivity index (χ2n) is 3.14. The van der Waals surface area contributed by atoms with E-state index in [-0.39, 0.29) is 0 Å². The van der Waals surface area contributed by atoms with Gasteiger partial charge in [-0.2, -0.15) is 11.8 Å². The molecule has 13 heavy (non-hydrogen) atoms. The lowest BCUT2D eigenvalue weighted by Gasteiger charge is -2.18. The molecule has 4 heteroatoms. The van der Waals surface area contributed by atoms with Gasteiger partial charge in [0.15, 0.2) is 6.29 Å². The maximum absolute atomic E-state index is 10.4. The van der Waals surface area contributed by atoms with E-state index in [2.05, 4.69) is 4.98 Å². The second kappa shape index (κ2) is 4.24. The Hall–Kier alpha value is -0.350. The zero-order chi connectivity index (χ0) is 9.10. The van der Waals surface area contributed by atoms with Crippen LogP contribution >= 0.6 is 23.1 Å². The van der Waals surface area contributed by atoms with Crippen LogP contribution in [0.15, 0.2) is 5.38 Å². The van der Waals surface area contributed by atoms with Crippen molar-refractivity contribution in [1.82, 2.24) is 4.98 Å². The Labute approximate surface area is 85.8 Å². The van der Waals surface area contributed by atoms with E-state index in [1.807, 2.05) is 17.1 Å². The molecule has 1 aromatic heterocycles. The topological polar surface area (TPSA) is 30.0 Å². The molecular formula is C9H11NOS2. The van der Waals surface area contributed by atoms with Crippen LogP contribution < -0.4 is 0 Å². The van der Waals surface area contributed by atoms with Crippen LogP contribution in [0.4, 0.5) is 0 Å². The molecule has 1 aliphatic rings. The Morgan fingerprint density at radius 1 is 1.62 bits per heavy atom. The predicted octanol–water partition coefficient (Wildman–Crippen LogP) is 2.57. The van der Waals surface area contributed by atoms with Crippen LogP contribution in [0.5, 0.6) is 0 Å². The van der Waals surface area contributed by atoms with Crippen molar-refractivity contribution in [2.24, 2.45) is 0 Å². The van der Waals surface area contributed by atoms with E-state index in [1.54, 1.807) is 11.3 Å². The highest BCUT2D eigenvalue weighted by Gasteiger charge is 2.18. The summed E-state index contributed by atoms with van der Waals surface area (Å²) in [5.41, 5.74) is 0.593. The van der Waals surface area contributed by atoms with Gasteiger partial charge in [-0.15, -0.1) is 11.3 Å². The van der Waals surface area contributed by atoms with Gasteiger partial charge in [-0.25, -0.2) is 4.98 Å². The standard InChI is InChI=1S/C9H11NOS2/c11-4-8-6-13-9(10-8)7-2-1-3-12-5-7/h4,6-7H,1-3,5H2. The zero-order valence-corrected chi connectivity index (χ0v) is 8.87. The van der Waals surface area contributed by atoms with Crippen LogP contribution in [0.2, 0.25) is 0 Å². The predicted molar refractivity (Wildman–Crippen MR) is 56.8 cm³/mol. The van der Waals surface area contributed by atoms with E-state index < -0.39 is 0 Å². The SMILES string of the molecule is O=Cc1csc(C2CCCSC2)n1. The fourth-order valence-electron chi connectivity index (χ4n) is 1.48. The number of thiazole rings is 1. The summed E-state index contributed by atoms with van der Waals surface area (Å²) in [6, 6.07) is 0.